The number of nitrogens with zero attached hydrogens (tertiary/aromatic N) is 4. The quantitative estimate of drug-likeness (QED) is 0.777. The van der Waals surface area contributed by atoms with Crippen LogP contribution < -0.4 is 15.1 Å². The lowest BCUT2D eigenvalue weighted by Gasteiger charge is -2.37. The van der Waals surface area contributed by atoms with Gasteiger partial charge in [-0.2, -0.15) is 0 Å². The summed E-state index contributed by atoms with van der Waals surface area (Å²) in [5.41, 5.74) is 5.27. The third-order valence-electron chi connectivity index (χ3n) is 6.84. The minimum atomic E-state index is 0.0723. The summed E-state index contributed by atoms with van der Waals surface area (Å²) >= 11 is 0. The molecule has 31 heavy (non-hydrogen) atoms. The van der Waals surface area contributed by atoms with Gasteiger partial charge in [-0.25, -0.2) is 0 Å². The van der Waals surface area contributed by atoms with Gasteiger partial charge in [-0.3, -0.25) is 14.7 Å². The largest absolute Gasteiger partial charge is 0.371 e. The van der Waals surface area contributed by atoms with Crippen molar-refractivity contribution in [3.8, 4) is 0 Å². The molecule has 2 aliphatic heterocycles. The Hall–Kier alpha value is -2.60. The molecule has 6 nitrogen and oxygen atoms in total. The van der Waals surface area contributed by atoms with Gasteiger partial charge in [-0.15, -0.1) is 0 Å². The topological polar surface area (TPSA) is 51.7 Å². The van der Waals surface area contributed by atoms with Crippen LogP contribution in [-0.4, -0.2) is 68.1 Å². The number of nitrogens with one attached hydrogen (secondary N) is 1. The number of benzene rings is 1. The SMILES string of the molecule is Cc1cccc(N2CCN(CCNC(=O)C3CCCN(c4ccncc4)C3)CC2)c1C. The van der Waals surface area contributed by atoms with E-state index in [9.17, 15) is 4.79 Å². The molecule has 4 rings (SSSR count). The van der Waals surface area contributed by atoms with Gasteiger partial charge in [0.15, 0.2) is 0 Å². The highest BCUT2D eigenvalue weighted by atomic mass is 16.1. The Morgan fingerprint density at radius 1 is 1.03 bits per heavy atom. The van der Waals surface area contributed by atoms with Crippen LogP contribution in [0.5, 0.6) is 0 Å². The first kappa shape index (κ1) is 21.6. The van der Waals surface area contributed by atoms with Crippen molar-refractivity contribution in [2.75, 3.05) is 62.2 Å². The number of pyridine rings is 1. The molecule has 1 amide bonds. The molecule has 2 aliphatic rings. The molecule has 0 bridgehead atoms. The van der Waals surface area contributed by atoms with E-state index in [2.05, 4.69) is 57.0 Å². The van der Waals surface area contributed by atoms with Crippen LogP contribution >= 0.6 is 0 Å². The van der Waals surface area contributed by atoms with Crippen molar-refractivity contribution in [2.24, 2.45) is 5.92 Å². The van der Waals surface area contributed by atoms with Crippen molar-refractivity contribution in [3.63, 3.8) is 0 Å². The van der Waals surface area contributed by atoms with E-state index in [1.54, 1.807) is 0 Å². The van der Waals surface area contributed by atoms with Gasteiger partial charge in [0.25, 0.3) is 0 Å². The third-order valence-corrected chi connectivity index (χ3v) is 6.84. The standard InChI is InChI=1S/C25H35N5O/c1-20-5-3-7-24(21(20)2)29-17-15-28(16-18-29)14-12-27-25(31)22-6-4-13-30(19-22)23-8-10-26-11-9-23/h3,5,7-11,22H,4,6,12-19H2,1-2H3,(H,27,31). The maximum atomic E-state index is 12.7. The molecule has 1 aromatic carbocycles. The fourth-order valence-electron chi connectivity index (χ4n) is 4.75. The molecule has 2 saturated heterocycles. The number of rotatable bonds is 6. The fourth-order valence-corrected chi connectivity index (χ4v) is 4.75. The van der Waals surface area contributed by atoms with Gasteiger partial charge in [-0.05, 0) is 56.0 Å². The lowest BCUT2D eigenvalue weighted by atomic mass is 9.96. The molecule has 1 aromatic heterocycles. The van der Waals surface area contributed by atoms with Crippen LogP contribution in [0.15, 0.2) is 42.7 Å². The Bertz CT molecular complexity index is 863. The highest BCUT2D eigenvalue weighted by Gasteiger charge is 2.26. The van der Waals surface area contributed by atoms with Crippen LogP contribution in [0.4, 0.5) is 11.4 Å². The molecule has 0 saturated carbocycles. The summed E-state index contributed by atoms with van der Waals surface area (Å²) < 4.78 is 0. The minimum absolute atomic E-state index is 0.0723. The zero-order chi connectivity index (χ0) is 21.6. The van der Waals surface area contributed by atoms with Gasteiger partial charge >= 0.3 is 0 Å². The van der Waals surface area contributed by atoms with Gasteiger partial charge in [0.05, 0.1) is 5.92 Å². The molecule has 6 heteroatoms. The first-order chi connectivity index (χ1) is 15.1. The van der Waals surface area contributed by atoms with Crippen LogP contribution in [-0.2, 0) is 4.79 Å². The fraction of sp³-hybridized carbons (Fsp3) is 0.520. The number of aromatic nitrogens is 1. The first-order valence-corrected chi connectivity index (χ1v) is 11.6. The maximum Gasteiger partial charge on any atom is 0.224 e. The molecule has 1 N–H and O–H groups in total. The molecule has 2 aromatic rings. The highest BCUT2D eigenvalue weighted by molar-refractivity contribution is 5.79. The smallest absolute Gasteiger partial charge is 0.224 e. The number of piperidine rings is 1. The van der Waals surface area contributed by atoms with Crippen LogP contribution in [0, 0.1) is 19.8 Å². The molecule has 3 heterocycles. The van der Waals surface area contributed by atoms with Crippen molar-refractivity contribution < 1.29 is 4.79 Å². The van der Waals surface area contributed by atoms with E-state index in [4.69, 9.17) is 0 Å². The van der Waals surface area contributed by atoms with E-state index in [0.717, 1.165) is 70.9 Å². The van der Waals surface area contributed by atoms with Gasteiger partial charge in [0, 0.05) is 76.1 Å². The summed E-state index contributed by atoms with van der Waals surface area (Å²) in [5.74, 6) is 0.274. The first-order valence-electron chi connectivity index (χ1n) is 11.6. The number of carbonyl (C=O) groups excluding carboxylic acids is 1. The van der Waals surface area contributed by atoms with Gasteiger partial charge < -0.3 is 15.1 Å². The van der Waals surface area contributed by atoms with Crippen molar-refractivity contribution in [3.05, 3.63) is 53.9 Å². The van der Waals surface area contributed by atoms with Crippen LogP contribution in [0.3, 0.4) is 0 Å². The Labute approximate surface area is 186 Å². The maximum absolute atomic E-state index is 12.7. The molecule has 1 unspecified atom stereocenters. The van der Waals surface area contributed by atoms with E-state index in [-0.39, 0.29) is 11.8 Å². The summed E-state index contributed by atoms with van der Waals surface area (Å²) in [6, 6.07) is 10.6. The number of carbonyl (C=O) groups is 1. The summed E-state index contributed by atoms with van der Waals surface area (Å²) in [4.78, 5) is 24.1. The van der Waals surface area contributed by atoms with Gasteiger partial charge in [-0.1, -0.05) is 12.1 Å². The second kappa shape index (κ2) is 10.1. The number of amides is 1. The van der Waals surface area contributed by atoms with Gasteiger partial charge in [0.2, 0.25) is 5.91 Å². The lowest BCUT2D eigenvalue weighted by Crippen LogP contribution is -2.49. The number of anilines is 2. The summed E-state index contributed by atoms with van der Waals surface area (Å²) in [5, 5.41) is 3.20. The van der Waals surface area contributed by atoms with Crippen LogP contribution in [0.2, 0.25) is 0 Å². The molecule has 0 spiro atoms. The number of hydrogen-bond donors (Lipinski definition) is 1. The molecule has 0 aliphatic carbocycles. The van der Waals surface area contributed by atoms with E-state index in [0.29, 0.717) is 0 Å². The monoisotopic (exact) mass is 421 g/mol. The lowest BCUT2D eigenvalue weighted by molar-refractivity contribution is -0.125. The Kier molecular flexibility index (Phi) is 7.07. The second-order valence-corrected chi connectivity index (χ2v) is 8.83. The third kappa shape index (κ3) is 5.37. The average Bonchev–Trinajstić information content (AvgIpc) is 2.82. The number of hydrogen-bond acceptors (Lipinski definition) is 5. The average molecular weight is 422 g/mol. The Balaban J connectivity index is 1.19. The second-order valence-electron chi connectivity index (χ2n) is 8.83. The molecular weight excluding hydrogens is 386 g/mol. The minimum Gasteiger partial charge on any atom is -0.371 e. The summed E-state index contributed by atoms with van der Waals surface area (Å²) in [7, 11) is 0. The van der Waals surface area contributed by atoms with Crippen molar-refractivity contribution in [1.82, 2.24) is 15.2 Å². The van der Waals surface area contributed by atoms with E-state index >= 15 is 0 Å². The Morgan fingerprint density at radius 3 is 2.58 bits per heavy atom. The van der Waals surface area contributed by atoms with Crippen molar-refractivity contribution in [2.45, 2.75) is 26.7 Å². The van der Waals surface area contributed by atoms with Crippen LogP contribution in [0.1, 0.15) is 24.0 Å². The Morgan fingerprint density at radius 2 is 1.81 bits per heavy atom. The highest BCUT2D eigenvalue weighted by Crippen LogP contribution is 2.24. The van der Waals surface area contributed by atoms with E-state index in [1.807, 2.05) is 24.5 Å². The predicted octanol–water partition coefficient (Wildman–Crippen LogP) is 2.85. The van der Waals surface area contributed by atoms with Gasteiger partial charge in [0.1, 0.15) is 0 Å². The van der Waals surface area contributed by atoms with Crippen molar-refractivity contribution >= 4 is 17.3 Å². The zero-order valence-electron chi connectivity index (χ0n) is 18.9. The van der Waals surface area contributed by atoms with E-state index in [1.165, 1.54) is 16.8 Å². The van der Waals surface area contributed by atoms with Crippen molar-refractivity contribution in [1.29, 1.82) is 0 Å². The summed E-state index contributed by atoms with van der Waals surface area (Å²) in [6.45, 7) is 12.0. The predicted molar refractivity (Wildman–Crippen MR) is 127 cm³/mol. The number of piperazine rings is 1. The zero-order valence-corrected chi connectivity index (χ0v) is 18.9. The van der Waals surface area contributed by atoms with E-state index < -0.39 is 0 Å². The summed E-state index contributed by atoms with van der Waals surface area (Å²) in [6.07, 6.45) is 5.67. The molecular formula is C25H35N5O. The number of aryl methyl sites for hydroxylation is 1. The molecule has 0 radical (unpaired) electrons. The molecule has 1 atom stereocenters. The normalized spacial score (nSPS) is 20.0. The molecule has 166 valence electrons. The molecule has 2 fully saturated rings. The van der Waals surface area contributed by atoms with Crippen LogP contribution in [0.25, 0.3) is 0 Å².